The van der Waals surface area contributed by atoms with Crippen molar-refractivity contribution >= 4 is 74.2 Å². The highest BCUT2D eigenvalue weighted by Crippen LogP contribution is 2.56. The van der Waals surface area contributed by atoms with Gasteiger partial charge in [-0.25, -0.2) is 9.78 Å². The number of aromatic nitrogens is 4. The highest BCUT2D eigenvalue weighted by Gasteiger charge is 2.45. The van der Waals surface area contributed by atoms with Gasteiger partial charge in [-0.3, -0.25) is 14.6 Å². The van der Waals surface area contributed by atoms with Crippen molar-refractivity contribution < 1.29 is 29.0 Å². The Kier molecular flexibility index (Phi) is 14.8. The topological polar surface area (TPSA) is 150 Å². The zero-order chi connectivity index (χ0) is 49.0. The van der Waals surface area contributed by atoms with Crippen molar-refractivity contribution in [3.63, 3.8) is 0 Å². The number of aromatic amines is 2. The molecule has 0 aliphatic carbocycles. The number of methoxy groups -OCH3 is 2. The van der Waals surface area contributed by atoms with E-state index in [0.717, 1.165) is 69.0 Å². The summed E-state index contributed by atoms with van der Waals surface area (Å²) < 4.78 is 10.6. The first-order valence-corrected chi connectivity index (χ1v) is 25.8. The zero-order valence-corrected chi connectivity index (χ0v) is 41.9. The van der Waals surface area contributed by atoms with Gasteiger partial charge in [0.15, 0.2) is 0 Å². The first kappa shape index (κ1) is 48.8. The number of rotatable bonds is 15. The fourth-order valence-electron chi connectivity index (χ4n) is 10.4. The number of esters is 2. The molecule has 8 bridgehead atoms. The Morgan fingerprint density at radius 3 is 1.86 bits per heavy atom. The zero-order valence-electron chi connectivity index (χ0n) is 41.0. The first-order chi connectivity index (χ1) is 33.3. The molecule has 1 amide bonds. The molecule has 12 heteroatoms. The number of aliphatic hydroxyl groups is 1. The molecule has 3 aromatic heterocycles. The molecule has 11 nitrogen and oxygen atoms in total. The molecule has 0 fully saturated rings. The molecule has 5 heterocycles. The smallest absolute Gasteiger partial charge is 0.340 e. The van der Waals surface area contributed by atoms with Crippen LogP contribution in [0.5, 0.6) is 0 Å². The number of aryl methyl sites for hydroxylation is 3. The van der Waals surface area contributed by atoms with E-state index < -0.39 is 13.2 Å². The second-order valence-electron chi connectivity index (χ2n) is 18.2. The minimum atomic E-state index is -2.16. The van der Waals surface area contributed by atoms with Crippen LogP contribution in [-0.4, -0.2) is 81.8 Å². The monoisotopic (exact) mass is 944 g/mol. The molecule has 69 heavy (non-hydrogen) atoms. The average Bonchev–Trinajstić information content (AvgIpc) is 4.06. The number of fused-ring (bicyclic) bond motifs is 8. The van der Waals surface area contributed by atoms with Crippen molar-refractivity contribution in [2.45, 2.75) is 85.2 Å². The maximum Gasteiger partial charge on any atom is 0.340 e. The van der Waals surface area contributed by atoms with Gasteiger partial charge in [-0.2, -0.15) is 0 Å². The summed E-state index contributed by atoms with van der Waals surface area (Å²) in [5.74, 6) is -1.65. The van der Waals surface area contributed by atoms with Gasteiger partial charge in [0.2, 0.25) is 5.91 Å². The predicted octanol–water partition coefficient (Wildman–Crippen LogP) is 9.32. The van der Waals surface area contributed by atoms with Crippen LogP contribution >= 0.6 is 7.26 Å². The summed E-state index contributed by atoms with van der Waals surface area (Å²) in [6.07, 6.45) is 2.67. The molecule has 2 aliphatic rings. The predicted molar refractivity (Wildman–Crippen MR) is 279 cm³/mol. The summed E-state index contributed by atoms with van der Waals surface area (Å²) in [7, 11) is 2.42. The molecule has 0 spiro atoms. The number of likely N-dealkylation sites (N-methyl/N-ethyl adjacent to an activating group) is 1. The largest absolute Gasteiger partial charge is 0.469 e. The Bertz CT molecular complexity index is 2990. The van der Waals surface area contributed by atoms with E-state index in [9.17, 15) is 14.7 Å². The summed E-state index contributed by atoms with van der Waals surface area (Å²) in [6.45, 7) is 10.4. The van der Waals surface area contributed by atoms with Gasteiger partial charge in [-0.15, -0.1) is 0 Å². The molecule has 8 rings (SSSR count). The summed E-state index contributed by atoms with van der Waals surface area (Å²) >= 11 is 0. The quantitative estimate of drug-likeness (QED) is 0.0681. The first-order valence-electron chi connectivity index (χ1n) is 23.9. The highest BCUT2D eigenvalue weighted by atomic mass is 31.2. The standard InChI is InChI=1S/C57H62N5O6P/c1-9-42-35(2)47-32-51-45(34-63)37(4)46(59-51)31-48-36(3)43(26-27-53(65)67-7)55(60-48)44(56-54(57(66)68-8)38(5)49(61-56)33-50(42)58-47)30-52(64)62(6)28-19-29-69(39-20-13-10-14-21-39,40-22-15-11-16-23-40)41-24-17-12-18-25-41/h10-18,20-25,31-33,36,43,63H,9,19,26-30,34H2,1-8H3,(H-,58,59,60,61,66)/p+1/t36-,43-/m0/s1. The highest BCUT2D eigenvalue weighted by molar-refractivity contribution is 7.95. The van der Waals surface area contributed by atoms with Crippen LogP contribution in [0.1, 0.15) is 102 Å². The number of allylic oxidation sites excluding steroid dienone is 1. The van der Waals surface area contributed by atoms with Crippen molar-refractivity contribution in [1.29, 1.82) is 0 Å². The van der Waals surface area contributed by atoms with Crippen LogP contribution in [-0.2, 0) is 43.3 Å². The van der Waals surface area contributed by atoms with Crippen LogP contribution in [0.4, 0.5) is 0 Å². The van der Waals surface area contributed by atoms with E-state index in [4.69, 9.17) is 19.4 Å². The van der Waals surface area contributed by atoms with Gasteiger partial charge in [0.1, 0.15) is 23.2 Å². The fraction of sp³-hybridized carbons (Fsp3) is 0.316. The molecule has 0 saturated carbocycles. The van der Waals surface area contributed by atoms with Gasteiger partial charge in [0.05, 0.1) is 56.1 Å². The molecule has 0 saturated heterocycles. The van der Waals surface area contributed by atoms with Crippen molar-refractivity contribution in [3.05, 3.63) is 160 Å². The van der Waals surface area contributed by atoms with E-state index in [1.165, 1.54) is 30.1 Å². The Morgan fingerprint density at radius 1 is 0.739 bits per heavy atom. The second-order valence-corrected chi connectivity index (χ2v) is 21.8. The van der Waals surface area contributed by atoms with Crippen molar-refractivity contribution in [3.8, 4) is 0 Å². The van der Waals surface area contributed by atoms with Crippen molar-refractivity contribution in [1.82, 2.24) is 24.8 Å². The normalized spacial score (nSPS) is 14.7. The lowest BCUT2D eigenvalue weighted by Gasteiger charge is -2.28. The summed E-state index contributed by atoms with van der Waals surface area (Å²) in [6, 6.07) is 38.2. The Hall–Kier alpha value is -6.68. The SMILES string of the molecule is CCc1c(C)c2cc3[nH]c(cc4nc(c(CC(=O)N(C)CCC[P+](c5ccccc5)(c5ccccc5)c5ccccc5)c5nc(cc1[nH]2)C(C)=C5C(=O)OC)[C@@H](CCC(=O)OC)[C@@H]4C)c(C)c3CO. The number of hydrogen-bond acceptors (Lipinski definition) is 8. The van der Waals surface area contributed by atoms with E-state index in [1.807, 2.05) is 39.1 Å². The van der Waals surface area contributed by atoms with Crippen molar-refractivity contribution in [2.75, 3.05) is 34.0 Å². The molecule has 3 N–H and O–H groups in total. The number of benzene rings is 3. The number of amides is 1. The van der Waals surface area contributed by atoms with E-state index in [-0.39, 0.29) is 48.7 Å². The minimum Gasteiger partial charge on any atom is -0.469 e. The lowest BCUT2D eigenvalue weighted by atomic mass is 9.84. The Labute approximate surface area is 405 Å². The number of aliphatic hydroxyl groups excluding tert-OH is 1. The van der Waals surface area contributed by atoms with Crippen LogP contribution in [0, 0.1) is 13.8 Å². The van der Waals surface area contributed by atoms with Gasteiger partial charge in [-0.05, 0) is 117 Å². The average molecular weight is 945 g/mol. The van der Waals surface area contributed by atoms with Gasteiger partial charge < -0.3 is 29.4 Å². The molecule has 2 atom stereocenters. The lowest BCUT2D eigenvalue weighted by molar-refractivity contribution is -0.141. The van der Waals surface area contributed by atoms with Crippen LogP contribution in [0.15, 0.2) is 109 Å². The number of carbonyl (C=O) groups is 3. The molecular weight excluding hydrogens is 882 g/mol. The third kappa shape index (κ3) is 9.42. The summed E-state index contributed by atoms with van der Waals surface area (Å²) in [4.78, 5) is 61.6. The Morgan fingerprint density at radius 2 is 1.30 bits per heavy atom. The number of nitrogens with zero attached hydrogens (tertiary/aromatic N) is 3. The third-order valence-electron chi connectivity index (χ3n) is 14.4. The maximum absolute atomic E-state index is 15.0. The van der Waals surface area contributed by atoms with Crippen LogP contribution in [0.3, 0.4) is 0 Å². The van der Waals surface area contributed by atoms with Gasteiger partial charge in [0, 0.05) is 70.7 Å². The second kappa shape index (κ2) is 20.9. The molecule has 2 aliphatic heterocycles. The van der Waals surface area contributed by atoms with Crippen LogP contribution in [0.2, 0.25) is 0 Å². The third-order valence-corrected chi connectivity index (χ3v) is 18.9. The molecule has 3 aromatic carbocycles. The summed E-state index contributed by atoms with van der Waals surface area (Å²) in [5.41, 5.74) is 10.7. The number of nitrogens with one attached hydrogen (secondary N) is 2. The minimum absolute atomic E-state index is 0.110. The molecule has 0 unspecified atom stereocenters. The molecule has 356 valence electrons. The summed E-state index contributed by atoms with van der Waals surface area (Å²) in [5, 5.41) is 14.5. The lowest BCUT2D eigenvalue weighted by Crippen LogP contribution is -2.35. The van der Waals surface area contributed by atoms with E-state index in [2.05, 4.69) is 122 Å². The maximum atomic E-state index is 15.0. The molecular formula is C57H63N5O6P+. The van der Waals surface area contributed by atoms with Gasteiger partial charge in [0.25, 0.3) is 0 Å². The molecule has 6 aromatic rings. The van der Waals surface area contributed by atoms with Gasteiger partial charge >= 0.3 is 11.9 Å². The molecule has 0 radical (unpaired) electrons. The van der Waals surface area contributed by atoms with Gasteiger partial charge in [-0.1, -0.05) is 68.4 Å². The fourth-order valence-corrected chi connectivity index (χ4v) is 14.7. The van der Waals surface area contributed by atoms with E-state index >= 15 is 4.79 Å². The Balaban J connectivity index is 1.30. The number of hydrogen-bond donors (Lipinski definition) is 3. The number of H-pyrrole nitrogens is 2. The van der Waals surface area contributed by atoms with Crippen LogP contribution in [0.25, 0.3) is 33.2 Å². The van der Waals surface area contributed by atoms with Crippen LogP contribution < -0.4 is 15.9 Å². The number of ether oxygens (including phenoxy) is 2. The van der Waals surface area contributed by atoms with E-state index in [0.29, 0.717) is 41.2 Å². The van der Waals surface area contributed by atoms with E-state index in [1.54, 1.807) is 4.90 Å². The van der Waals surface area contributed by atoms with Crippen molar-refractivity contribution in [2.24, 2.45) is 0 Å². The number of carbonyl (C=O) groups excluding carboxylic acids is 3.